The number of benzene rings is 1. The van der Waals surface area contributed by atoms with Gasteiger partial charge in [-0.3, -0.25) is 0 Å². The number of nitrogens with one attached hydrogen (secondary N) is 1. The molecule has 0 bridgehead atoms. The van der Waals surface area contributed by atoms with E-state index >= 15 is 0 Å². The van der Waals surface area contributed by atoms with Crippen molar-refractivity contribution in [2.45, 2.75) is 20.4 Å². The normalized spacial score (nSPS) is 10.4. The maximum atomic E-state index is 6.08. The molecule has 1 aromatic heterocycles. The van der Waals surface area contributed by atoms with E-state index in [4.69, 9.17) is 16.3 Å². The maximum Gasteiger partial charge on any atom is 0.137 e. The zero-order valence-corrected chi connectivity index (χ0v) is 12.3. The SMILES string of the molecule is COc1ccc(NCc2cc(C)sc2C)cc1Cl. The Labute approximate surface area is 117 Å². The third kappa shape index (κ3) is 2.98. The van der Waals surface area contributed by atoms with Crippen LogP contribution in [0.1, 0.15) is 15.3 Å². The minimum atomic E-state index is 0.626. The third-order valence-electron chi connectivity index (χ3n) is 2.78. The average Bonchev–Trinajstić information content (AvgIpc) is 2.65. The molecule has 18 heavy (non-hydrogen) atoms. The molecular formula is C14H16ClNOS. The van der Waals surface area contributed by atoms with Gasteiger partial charge in [-0.25, -0.2) is 0 Å². The van der Waals surface area contributed by atoms with E-state index < -0.39 is 0 Å². The minimum absolute atomic E-state index is 0.626. The first-order valence-electron chi connectivity index (χ1n) is 5.73. The fourth-order valence-electron chi connectivity index (χ4n) is 1.83. The molecule has 2 rings (SSSR count). The Morgan fingerprint density at radius 3 is 2.61 bits per heavy atom. The van der Waals surface area contributed by atoms with Gasteiger partial charge in [0.2, 0.25) is 0 Å². The summed E-state index contributed by atoms with van der Waals surface area (Å²) in [5.74, 6) is 0.699. The Bertz CT molecular complexity index is 551. The highest BCUT2D eigenvalue weighted by Crippen LogP contribution is 2.28. The molecule has 0 amide bonds. The molecule has 0 aliphatic heterocycles. The van der Waals surface area contributed by atoms with Crippen molar-refractivity contribution in [2.75, 3.05) is 12.4 Å². The van der Waals surface area contributed by atoms with Crippen LogP contribution in [0.2, 0.25) is 5.02 Å². The minimum Gasteiger partial charge on any atom is -0.495 e. The van der Waals surface area contributed by atoms with E-state index in [2.05, 4.69) is 25.2 Å². The van der Waals surface area contributed by atoms with Crippen molar-refractivity contribution in [3.63, 3.8) is 0 Å². The molecule has 0 unspecified atom stereocenters. The summed E-state index contributed by atoms with van der Waals surface area (Å²) in [6.07, 6.45) is 0. The summed E-state index contributed by atoms with van der Waals surface area (Å²) >= 11 is 7.91. The largest absolute Gasteiger partial charge is 0.495 e. The molecule has 2 aromatic rings. The second-order valence-corrected chi connectivity index (χ2v) is 6.01. The van der Waals surface area contributed by atoms with Crippen LogP contribution in [0.15, 0.2) is 24.3 Å². The summed E-state index contributed by atoms with van der Waals surface area (Å²) < 4.78 is 5.13. The van der Waals surface area contributed by atoms with Gasteiger partial charge in [-0.2, -0.15) is 0 Å². The summed E-state index contributed by atoms with van der Waals surface area (Å²) in [6, 6.07) is 7.95. The highest BCUT2D eigenvalue weighted by atomic mass is 35.5. The van der Waals surface area contributed by atoms with Gasteiger partial charge in [0.15, 0.2) is 0 Å². The summed E-state index contributed by atoms with van der Waals surface area (Å²) in [6.45, 7) is 5.10. The smallest absolute Gasteiger partial charge is 0.137 e. The van der Waals surface area contributed by atoms with E-state index in [1.807, 2.05) is 29.5 Å². The van der Waals surface area contributed by atoms with Gasteiger partial charge in [0.25, 0.3) is 0 Å². The molecule has 96 valence electrons. The first kappa shape index (κ1) is 13.2. The molecule has 0 spiro atoms. The number of hydrogen-bond donors (Lipinski definition) is 1. The molecule has 0 fully saturated rings. The molecule has 0 saturated carbocycles. The molecule has 0 aliphatic carbocycles. The Balaban J connectivity index is 2.06. The highest BCUT2D eigenvalue weighted by molar-refractivity contribution is 7.12. The number of thiophene rings is 1. The summed E-state index contributed by atoms with van der Waals surface area (Å²) in [5.41, 5.74) is 2.34. The van der Waals surface area contributed by atoms with Crippen LogP contribution in [0.3, 0.4) is 0 Å². The van der Waals surface area contributed by atoms with Gasteiger partial charge in [0, 0.05) is 22.0 Å². The molecule has 0 aliphatic rings. The van der Waals surface area contributed by atoms with Crippen LogP contribution in [-0.4, -0.2) is 7.11 Å². The van der Waals surface area contributed by atoms with Crippen molar-refractivity contribution in [3.8, 4) is 5.75 Å². The van der Waals surface area contributed by atoms with Crippen LogP contribution < -0.4 is 10.1 Å². The van der Waals surface area contributed by atoms with Crippen molar-refractivity contribution < 1.29 is 4.74 Å². The number of methoxy groups -OCH3 is 1. The Kier molecular flexibility index (Phi) is 4.15. The van der Waals surface area contributed by atoms with Gasteiger partial charge in [0.1, 0.15) is 5.75 Å². The molecule has 0 atom stereocenters. The predicted octanol–water partition coefficient (Wildman–Crippen LogP) is 4.64. The summed E-state index contributed by atoms with van der Waals surface area (Å²) in [7, 11) is 1.62. The average molecular weight is 282 g/mol. The molecule has 1 aromatic carbocycles. The molecule has 0 saturated heterocycles. The second-order valence-electron chi connectivity index (χ2n) is 4.14. The van der Waals surface area contributed by atoms with E-state index in [9.17, 15) is 0 Å². The zero-order chi connectivity index (χ0) is 13.1. The van der Waals surface area contributed by atoms with Crippen molar-refractivity contribution in [3.05, 3.63) is 44.6 Å². The lowest BCUT2D eigenvalue weighted by Crippen LogP contribution is -1.99. The predicted molar refractivity (Wildman–Crippen MR) is 79.1 cm³/mol. The number of aryl methyl sites for hydroxylation is 2. The molecule has 1 N–H and O–H groups in total. The fourth-order valence-corrected chi connectivity index (χ4v) is 3.04. The molecular weight excluding hydrogens is 266 g/mol. The van der Waals surface area contributed by atoms with Crippen molar-refractivity contribution in [2.24, 2.45) is 0 Å². The fraction of sp³-hybridized carbons (Fsp3) is 0.286. The zero-order valence-electron chi connectivity index (χ0n) is 10.7. The molecule has 2 nitrogen and oxygen atoms in total. The Morgan fingerprint density at radius 2 is 2.06 bits per heavy atom. The topological polar surface area (TPSA) is 21.3 Å². The van der Waals surface area contributed by atoms with Crippen LogP contribution in [0, 0.1) is 13.8 Å². The molecule has 4 heteroatoms. The molecule has 0 radical (unpaired) electrons. The first-order valence-corrected chi connectivity index (χ1v) is 6.93. The maximum absolute atomic E-state index is 6.08. The number of anilines is 1. The van der Waals surface area contributed by atoms with Gasteiger partial charge in [0.05, 0.1) is 12.1 Å². The second kappa shape index (κ2) is 5.63. The number of ether oxygens (including phenoxy) is 1. The van der Waals surface area contributed by atoms with Crippen molar-refractivity contribution in [1.82, 2.24) is 0 Å². The number of rotatable bonds is 4. The summed E-state index contributed by atoms with van der Waals surface area (Å²) in [4.78, 5) is 2.71. The van der Waals surface area contributed by atoms with Crippen LogP contribution in [0.25, 0.3) is 0 Å². The monoisotopic (exact) mass is 281 g/mol. The Hall–Kier alpha value is -1.19. The van der Waals surface area contributed by atoms with Crippen molar-refractivity contribution in [1.29, 1.82) is 0 Å². The van der Waals surface area contributed by atoms with Gasteiger partial charge in [-0.05, 0) is 43.7 Å². The van der Waals surface area contributed by atoms with Crippen LogP contribution in [-0.2, 0) is 6.54 Å². The van der Waals surface area contributed by atoms with Gasteiger partial charge in [-0.1, -0.05) is 11.6 Å². The number of halogens is 1. The first-order chi connectivity index (χ1) is 8.60. The number of hydrogen-bond acceptors (Lipinski definition) is 3. The highest BCUT2D eigenvalue weighted by Gasteiger charge is 2.04. The Morgan fingerprint density at radius 1 is 1.28 bits per heavy atom. The van der Waals surface area contributed by atoms with E-state index in [1.165, 1.54) is 15.3 Å². The lowest BCUT2D eigenvalue weighted by Gasteiger charge is -2.08. The summed E-state index contributed by atoms with van der Waals surface area (Å²) in [5, 5.41) is 4.00. The third-order valence-corrected chi connectivity index (χ3v) is 4.08. The van der Waals surface area contributed by atoms with Gasteiger partial charge >= 0.3 is 0 Å². The van der Waals surface area contributed by atoms with Crippen LogP contribution in [0.5, 0.6) is 5.75 Å². The van der Waals surface area contributed by atoms with Gasteiger partial charge < -0.3 is 10.1 Å². The van der Waals surface area contributed by atoms with E-state index in [1.54, 1.807) is 7.11 Å². The quantitative estimate of drug-likeness (QED) is 0.881. The van der Waals surface area contributed by atoms with Gasteiger partial charge in [-0.15, -0.1) is 11.3 Å². The van der Waals surface area contributed by atoms with E-state index in [0.717, 1.165) is 12.2 Å². The lowest BCUT2D eigenvalue weighted by molar-refractivity contribution is 0.415. The van der Waals surface area contributed by atoms with Crippen LogP contribution in [0.4, 0.5) is 5.69 Å². The van der Waals surface area contributed by atoms with E-state index in [0.29, 0.717) is 10.8 Å². The standard InChI is InChI=1S/C14H16ClNOS/c1-9-6-11(10(2)18-9)8-16-12-4-5-14(17-3)13(15)7-12/h4-7,16H,8H2,1-3H3. The van der Waals surface area contributed by atoms with E-state index in [-0.39, 0.29) is 0 Å². The molecule has 1 heterocycles. The van der Waals surface area contributed by atoms with Crippen LogP contribution >= 0.6 is 22.9 Å². The van der Waals surface area contributed by atoms with Crippen molar-refractivity contribution >= 4 is 28.6 Å². The lowest BCUT2D eigenvalue weighted by atomic mass is 10.2.